The summed E-state index contributed by atoms with van der Waals surface area (Å²) in [4.78, 5) is 13.5. The Labute approximate surface area is 85.2 Å². The Hall–Kier alpha value is -1.06. The van der Waals surface area contributed by atoms with Gasteiger partial charge in [0.15, 0.2) is 0 Å². The van der Waals surface area contributed by atoms with Gasteiger partial charge < -0.3 is 10.2 Å². The first-order valence-electron chi connectivity index (χ1n) is 5.01. The minimum atomic E-state index is -0.584. The van der Waals surface area contributed by atoms with E-state index >= 15 is 0 Å². The summed E-state index contributed by atoms with van der Waals surface area (Å²) >= 11 is 0. The molecule has 0 spiro atoms. The van der Waals surface area contributed by atoms with Crippen molar-refractivity contribution in [3.05, 3.63) is 0 Å². The number of nitrogens with zero attached hydrogens (tertiary/aromatic N) is 1. The molecule has 14 heavy (non-hydrogen) atoms. The largest absolute Gasteiger partial charge is 0.352 e. The van der Waals surface area contributed by atoms with E-state index in [1.807, 2.05) is 32.6 Å². The summed E-state index contributed by atoms with van der Waals surface area (Å²) in [6.07, 6.45) is 0. The van der Waals surface area contributed by atoms with E-state index in [0.29, 0.717) is 12.4 Å². The molecule has 1 heterocycles. The third kappa shape index (κ3) is 1.74. The predicted octanol–water partition coefficient (Wildman–Crippen LogP) is 0.830. The van der Waals surface area contributed by atoms with Gasteiger partial charge in [0.2, 0.25) is 5.91 Å². The van der Waals surface area contributed by atoms with Crippen molar-refractivity contribution in [2.45, 2.75) is 33.2 Å². The fraction of sp³-hybridized carbons (Fsp3) is 0.800. The predicted molar refractivity (Wildman–Crippen MR) is 56.4 cm³/mol. The second kappa shape index (κ2) is 3.59. The lowest BCUT2D eigenvalue weighted by Crippen LogP contribution is -2.63. The van der Waals surface area contributed by atoms with E-state index < -0.39 is 5.54 Å². The Balaban J connectivity index is 2.87. The van der Waals surface area contributed by atoms with Gasteiger partial charge in [0, 0.05) is 19.0 Å². The first-order chi connectivity index (χ1) is 6.37. The van der Waals surface area contributed by atoms with Gasteiger partial charge in [-0.1, -0.05) is 13.8 Å². The van der Waals surface area contributed by atoms with Crippen LogP contribution < -0.4 is 5.32 Å². The van der Waals surface area contributed by atoms with Crippen LogP contribution in [0.15, 0.2) is 0 Å². The van der Waals surface area contributed by atoms with Crippen LogP contribution in [-0.4, -0.2) is 35.3 Å². The third-order valence-electron chi connectivity index (χ3n) is 2.69. The summed E-state index contributed by atoms with van der Waals surface area (Å²) in [5.41, 5.74) is -0.584. The van der Waals surface area contributed by atoms with Crippen molar-refractivity contribution in [1.82, 2.24) is 10.2 Å². The van der Waals surface area contributed by atoms with E-state index in [2.05, 4.69) is 5.32 Å². The second-order valence-electron chi connectivity index (χ2n) is 4.51. The molecule has 0 atom stereocenters. The van der Waals surface area contributed by atoms with Crippen LogP contribution in [0.4, 0.5) is 0 Å². The molecule has 0 bridgehead atoms. The maximum Gasteiger partial charge on any atom is 0.245 e. The molecule has 0 aromatic heterocycles. The van der Waals surface area contributed by atoms with Crippen molar-refractivity contribution in [3.63, 3.8) is 0 Å². The number of amides is 1. The molecule has 2 N–H and O–H groups in total. The fourth-order valence-electron chi connectivity index (χ4n) is 1.63. The van der Waals surface area contributed by atoms with Crippen LogP contribution in [0, 0.1) is 11.3 Å². The number of carbonyl (C=O) groups excluding carboxylic acids is 1. The normalized spacial score (nSPS) is 20.9. The van der Waals surface area contributed by atoms with Gasteiger partial charge in [-0.05, 0) is 13.8 Å². The molecule has 1 saturated heterocycles. The Morgan fingerprint density at radius 3 is 2.64 bits per heavy atom. The van der Waals surface area contributed by atoms with Crippen LogP contribution in [-0.2, 0) is 4.79 Å². The molecule has 0 radical (unpaired) electrons. The highest BCUT2D eigenvalue weighted by Crippen LogP contribution is 2.20. The summed E-state index contributed by atoms with van der Waals surface area (Å²) in [7, 11) is 0. The highest BCUT2D eigenvalue weighted by atomic mass is 16.2. The Kier molecular flexibility index (Phi) is 2.83. The molecule has 80 valence electrons. The zero-order chi connectivity index (χ0) is 10.9. The van der Waals surface area contributed by atoms with Gasteiger partial charge in [-0.3, -0.25) is 10.2 Å². The molecule has 0 aromatic carbocycles. The highest BCUT2D eigenvalue weighted by Gasteiger charge is 2.39. The van der Waals surface area contributed by atoms with Crippen LogP contribution in [0.5, 0.6) is 0 Å². The average molecular weight is 197 g/mol. The molecule has 1 amide bonds. The minimum Gasteiger partial charge on any atom is -0.352 e. The molecular weight excluding hydrogens is 178 g/mol. The molecule has 4 heteroatoms. The molecule has 1 rings (SSSR count). The van der Waals surface area contributed by atoms with E-state index in [0.717, 1.165) is 6.54 Å². The third-order valence-corrected chi connectivity index (χ3v) is 2.69. The second-order valence-corrected chi connectivity index (χ2v) is 4.51. The standard InChI is InChI=1S/C10H19N3O/c1-7(2)8(11)13-6-5-12-9(14)10(13,3)4/h7,11H,5-6H2,1-4H3,(H,12,14). The summed E-state index contributed by atoms with van der Waals surface area (Å²) in [6, 6.07) is 0. The molecule has 1 fully saturated rings. The van der Waals surface area contributed by atoms with E-state index in [1.54, 1.807) is 0 Å². The van der Waals surface area contributed by atoms with Crippen LogP contribution in [0.2, 0.25) is 0 Å². The van der Waals surface area contributed by atoms with Gasteiger partial charge in [-0.15, -0.1) is 0 Å². The van der Waals surface area contributed by atoms with Crippen molar-refractivity contribution in [2.24, 2.45) is 5.92 Å². The SMILES string of the molecule is CC(C)C(=N)N1CCNC(=O)C1(C)C. The Morgan fingerprint density at radius 2 is 2.14 bits per heavy atom. The molecule has 0 aromatic rings. The van der Waals surface area contributed by atoms with E-state index in [4.69, 9.17) is 5.41 Å². The number of amidine groups is 1. The lowest BCUT2D eigenvalue weighted by molar-refractivity contribution is -0.132. The first-order valence-corrected chi connectivity index (χ1v) is 5.01. The van der Waals surface area contributed by atoms with Gasteiger partial charge in [0.25, 0.3) is 0 Å². The maximum absolute atomic E-state index is 11.6. The van der Waals surface area contributed by atoms with Crippen LogP contribution in [0.3, 0.4) is 0 Å². The van der Waals surface area contributed by atoms with Crippen LogP contribution in [0.25, 0.3) is 0 Å². The maximum atomic E-state index is 11.6. The van der Waals surface area contributed by atoms with Gasteiger partial charge in [-0.25, -0.2) is 0 Å². The average Bonchev–Trinajstić information content (AvgIpc) is 2.08. The van der Waals surface area contributed by atoms with E-state index in [9.17, 15) is 4.79 Å². The number of piperazine rings is 1. The van der Waals surface area contributed by atoms with Crippen LogP contribution >= 0.6 is 0 Å². The van der Waals surface area contributed by atoms with Gasteiger partial charge in [0.1, 0.15) is 5.54 Å². The lowest BCUT2D eigenvalue weighted by Gasteiger charge is -2.43. The zero-order valence-electron chi connectivity index (χ0n) is 9.35. The molecule has 1 aliphatic rings. The number of rotatable bonds is 1. The van der Waals surface area contributed by atoms with E-state index in [1.165, 1.54) is 0 Å². The Bertz CT molecular complexity index is 258. The molecular formula is C10H19N3O. The first kappa shape index (κ1) is 11.0. The quantitative estimate of drug-likeness (QED) is 0.483. The topological polar surface area (TPSA) is 56.2 Å². The monoisotopic (exact) mass is 197 g/mol. The van der Waals surface area contributed by atoms with Gasteiger partial charge in [-0.2, -0.15) is 0 Å². The summed E-state index contributed by atoms with van der Waals surface area (Å²) in [5.74, 6) is 0.721. The van der Waals surface area contributed by atoms with E-state index in [-0.39, 0.29) is 11.8 Å². The number of nitrogens with one attached hydrogen (secondary N) is 2. The van der Waals surface area contributed by atoms with Crippen LogP contribution in [0.1, 0.15) is 27.7 Å². The van der Waals surface area contributed by atoms with Crippen molar-refractivity contribution < 1.29 is 4.79 Å². The van der Waals surface area contributed by atoms with Crippen molar-refractivity contribution in [3.8, 4) is 0 Å². The fourth-order valence-corrected chi connectivity index (χ4v) is 1.63. The zero-order valence-corrected chi connectivity index (χ0v) is 9.35. The van der Waals surface area contributed by atoms with Crippen molar-refractivity contribution in [1.29, 1.82) is 5.41 Å². The number of hydrogen-bond donors (Lipinski definition) is 2. The van der Waals surface area contributed by atoms with Crippen molar-refractivity contribution >= 4 is 11.7 Å². The number of hydrogen-bond acceptors (Lipinski definition) is 2. The summed E-state index contributed by atoms with van der Waals surface area (Å²) in [5, 5.41) is 10.7. The smallest absolute Gasteiger partial charge is 0.245 e. The number of carbonyl (C=O) groups is 1. The Morgan fingerprint density at radius 1 is 1.57 bits per heavy atom. The molecule has 0 saturated carbocycles. The van der Waals surface area contributed by atoms with Gasteiger partial charge in [0.05, 0.1) is 5.84 Å². The van der Waals surface area contributed by atoms with Crippen molar-refractivity contribution in [2.75, 3.05) is 13.1 Å². The lowest BCUT2D eigenvalue weighted by atomic mass is 9.96. The molecule has 0 unspecified atom stereocenters. The minimum absolute atomic E-state index is 0.00847. The molecule has 4 nitrogen and oxygen atoms in total. The highest BCUT2D eigenvalue weighted by molar-refractivity contribution is 5.93. The molecule has 0 aliphatic carbocycles. The summed E-state index contributed by atoms with van der Waals surface area (Å²) < 4.78 is 0. The van der Waals surface area contributed by atoms with Gasteiger partial charge >= 0.3 is 0 Å². The summed E-state index contributed by atoms with van der Waals surface area (Å²) in [6.45, 7) is 9.04. The molecule has 1 aliphatic heterocycles.